The Morgan fingerprint density at radius 2 is 1.43 bits per heavy atom. The molecule has 3 rings (SSSR count). The average molecular weight is 445 g/mol. The van der Waals surface area contributed by atoms with Gasteiger partial charge in [-0.2, -0.15) is 0 Å². The molecule has 2 aromatic carbocycles. The van der Waals surface area contributed by atoms with Crippen molar-refractivity contribution >= 4 is 28.9 Å². The summed E-state index contributed by atoms with van der Waals surface area (Å²) in [5.41, 5.74) is -0.975. The number of rotatable bonds is 4. The summed E-state index contributed by atoms with van der Waals surface area (Å²) in [6.07, 6.45) is 0. The maximum Gasteiger partial charge on any atom is 0.264 e. The Morgan fingerprint density at radius 3 is 2.00 bits per heavy atom. The van der Waals surface area contributed by atoms with Crippen LogP contribution in [0.2, 0.25) is 0 Å². The van der Waals surface area contributed by atoms with Crippen LogP contribution in [0.4, 0.5) is 27.6 Å². The monoisotopic (exact) mass is 445 g/mol. The van der Waals surface area contributed by atoms with Gasteiger partial charge in [0.25, 0.3) is 5.91 Å². The summed E-state index contributed by atoms with van der Waals surface area (Å²) in [4.78, 5) is 14.6. The first kappa shape index (κ1) is 21.8. The molecule has 1 aliphatic heterocycles. The number of anilines is 1. The van der Waals surface area contributed by atoms with Crippen LogP contribution in [0, 0.1) is 29.1 Å². The summed E-state index contributed by atoms with van der Waals surface area (Å²) in [6.45, 7) is -0.172. The number of nitrogens with zero attached hydrogens (tertiary/aromatic N) is 2. The molecule has 1 fully saturated rings. The lowest BCUT2D eigenvalue weighted by molar-refractivity contribution is -0.121. The fraction of sp³-hybridized carbons (Fsp3) is 0.263. The normalized spacial score (nSPS) is 13.9. The quantitative estimate of drug-likeness (QED) is 0.339. The van der Waals surface area contributed by atoms with Crippen LogP contribution in [0.1, 0.15) is 0 Å². The third-order valence-electron chi connectivity index (χ3n) is 4.43. The molecule has 0 aliphatic carbocycles. The van der Waals surface area contributed by atoms with Gasteiger partial charge in [0.05, 0.1) is 0 Å². The number of thiocarbonyl (C=S) groups is 1. The Balaban J connectivity index is 1.55. The Labute approximate surface area is 174 Å². The number of carbonyl (C=O) groups excluding carboxylic acids is 1. The molecular formula is C19H16F5N3O2S. The highest BCUT2D eigenvalue weighted by Crippen LogP contribution is 2.30. The van der Waals surface area contributed by atoms with E-state index in [0.717, 1.165) is 4.90 Å². The van der Waals surface area contributed by atoms with Crippen molar-refractivity contribution in [1.29, 1.82) is 0 Å². The van der Waals surface area contributed by atoms with Gasteiger partial charge in [-0.3, -0.25) is 4.79 Å². The fourth-order valence-corrected chi connectivity index (χ4v) is 3.20. The highest BCUT2D eigenvalue weighted by atomic mass is 32.1. The van der Waals surface area contributed by atoms with E-state index in [0.29, 0.717) is 5.75 Å². The van der Waals surface area contributed by atoms with Crippen LogP contribution in [0.25, 0.3) is 0 Å². The fourth-order valence-electron chi connectivity index (χ4n) is 2.90. The molecule has 1 aliphatic rings. The van der Waals surface area contributed by atoms with Crippen molar-refractivity contribution in [3.05, 3.63) is 59.4 Å². The van der Waals surface area contributed by atoms with E-state index in [2.05, 4.69) is 5.32 Å². The second kappa shape index (κ2) is 9.24. The number of ether oxygens (including phenoxy) is 1. The third kappa shape index (κ3) is 4.61. The van der Waals surface area contributed by atoms with E-state index in [9.17, 15) is 26.7 Å². The van der Waals surface area contributed by atoms with Crippen LogP contribution in [-0.2, 0) is 4.79 Å². The Bertz CT molecular complexity index is 924. The molecule has 0 spiro atoms. The van der Waals surface area contributed by atoms with Gasteiger partial charge in [0.2, 0.25) is 5.82 Å². The summed E-state index contributed by atoms with van der Waals surface area (Å²) in [5, 5.41) is 2.56. The molecule has 30 heavy (non-hydrogen) atoms. The Hall–Kier alpha value is -2.95. The SMILES string of the molecule is O=C(COc1ccccc1)NC(=S)N1CCN(c2c(F)c(F)c(F)c(F)c2F)CC1. The molecular weight excluding hydrogens is 429 g/mol. The van der Waals surface area contributed by atoms with E-state index in [1.165, 1.54) is 0 Å². The molecule has 0 bridgehead atoms. The summed E-state index contributed by atoms with van der Waals surface area (Å²) >= 11 is 5.15. The molecule has 1 amide bonds. The number of hydrogen-bond acceptors (Lipinski definition) is 4. The number of benzene rings is 2. The van der Waals surface area contributed by atoms with Crippen molar-refractivity contribution in [1.82, 2.24) is 10.2 Å². The summed E-state index contributed by atoms with van der Waals surface area (Å²) in [7, 11) is 0. The lowest BCUT2D eigenvalue weighted by Gasteiger charge is -2.37. The predicted octanol–water partition coefficient (Wildman–Crippen LogP) is 2.98. The van der Waals surface area contributed by atoms with Gasteiger partial charge >= 0.3 is 0 Å². The van der Waals surface area contributed by atoms with Crippen molar-refractivity contribution in [2.75, 3.05) is 37.7 Å². The Morgan fingerprint density at radius 1 is 0.900 bits per heavy atom. The lowest BCUT2D eigenvalue weighted by Crippen LogP contribution is -2.53. The number of nitrogens with one attached hydrogen (secondary N) is 1. The Kier molecular flexibility index (Phi) is 6.70. The first-order valence-corrected chi connectivity index (χ1v) is 9.23. The van der Waals surface area contributed by atoms with Gasteiger partial charge in [0.1, 0.15) is 11.4 Å². The molecule has 0 unspecified atom stereocenters. The minimum atomic E-state index is -2.20. The zero-order chi connectivity index (χ0) is 21.8. The number of amides is 1. The second-order valence-corrected chi connectivity index (χ2v) is 6.73. The van der Waals surface area contributed by atoms with Crippen LogP contribution in [0.5, 0.6) is 5.75 Å². The van der Waals surface area contributed by atoms with Gasteiger partial charge in [0, 0.05) is 26.2 Å². The number of para-hydroxylation sites is 1. The molecule has 1 N–H and O–H groups in total. The van der Waals surface area contributed by atoms with E-state index in [1.807, 2.05) is 0 Å². The third-order valence-corrected chi connectivity index (χ3v) is 4.79. The van der Waals surface area contributed by atoms with Gasteiger partial charge in [-0.25, -0.2) is 22.0 Å². The first-order valence-electron chi connectivity index (χ1n) is 8.82. The van der Waals surface area contributed by atoms with E-state index in [-0.39, 0.29) is 37.9 Å². The largest absolute Gasteiger partial charge is 0.484 e. The minimum Gasteiger partial charge on any atom is -0.484 e. The zero-order valence-corrected chi connectivity index (χ0v) is 16.2. The minimum absolute atomic E-state index is 0.0606. The van der Waals surface area contributed by atoms with Crippen LogP contribution >= 0.6 is 12.2 Å². The molecule has 1 saturated heterocycles. The molecule has 0 atom stereocenters. The van der Waals surface area contributed by atoms with E-state index >= 15 is 0 Å². The number of carbonyl (C=O) groups is 1. The van der Waals surface area contributed by atoms with Crippen molar-refractivity contribution < 1.29 is 31.5 Å². The molecule has 5 nitrogen and oxygen atoms in total. The first-order chi connectivity index (χ1) is 14.3. The summed E-state index contributed by atoms with van der Waals surface area (Å²) < 4.78 is 73.3. The zero-order valence-electron chi connectivity index (χ0n) is 15.4. The molecule has 0 saturated carbocycles. The smallest absolute Gasteiger partial charge is 0.264 e. The highest BCUT2D eigenvalue weighted by molar-refractivity contribution is 7.80. The molecule has 2 aromatic rings. The van der Waals surface area contributed by atoms with Crippen molar-refractivity contribution in [3.8, 4) is 5.75 Å². The second-order valence-electron chi connectivity index (χ2n) is 6.35. The number of piperazine rings is 1. The number of hydrogen-bond donors (Lipinski definition) is 1. The van der Waals surface area contributed by atoms with E-state index < -0.39 is 40.7 Å². The maximum atomic E-state index is 14.0. The van der Waals surface area contributed by atoms with Crippen LogP contribution in [0.15, 0.2) is 30.3 Å². The van der Waals surface area contributed by atoms with Gasteiger partial charge < -0.3 is 19.9 Å². The lowest BCUT2D eigenvalue weighted by atomic mass is 10.2. The van der Waals surface area contributed by atoms with E-state index in [4.69, 9.17) is 17.0 Å². The molecule has 0 aromatic heterocycles. The predicted molar refractivity (Wildman–Crippen MR) is 103 cm³/mol. The summed E-state index contributed by atoms with van der Waals surface area (Å²) in [6, 6.07) is 8.67. The highest BCUT2D eigenvalue weighted by Gasteiger charge is 2.31. The molecule has 0 radical (unpaired) electrons. The van der Waals surface area contributed by atoms with Crippen LogP contribution < -0.4 is 15.0 Å². The van der Waals surface area contributed by atoms with Crippen LogP contribution in [0.3, 0.4) is 0 Å². The van der Waals surface area contributed by atoms with Gasteiger partial charge in [-0.1, -0.05) is 18.2 Å². The topological polar surface area (TPSA) is 44.8 Å². The van der Waals surface area contributed by atoms with Gasteiger partial charge in [-0.05, 0) is 24.4 Å². The molecule has 1 heterocycles. The molecule has 160 valence electrons. The molecule has 11 heteroatoms. The van der Waals surface area contributed by atoms with Crippen molar-refractivity contribution in [3.63, 3.8) is 0 Å². The average Bonchev–Trinajstić information content (AvgIpc) is 2.76. The van der Waals surface area contributed by atoms with E-state index in [1.54, 1.807) is 35.2 Å². The van der Waals surface area contributed by atoms with Crippen LogP contribution in [-0.4, -0.2) is 48.7 Å². The number of halogens is 5. The van der Waals surface area contributed by atoms with Crippen molar-refractivity contribution in [2.45, 2.75) is 0 Å². The van der Waals surface area contributed by atoms with Gasteiger partial charge in [0.15, 0.2) is 35.0 Å². The standard InChI is InChI=1S/C19H16F5N3O2S/c20-13-14(21)16(23)18(17(24)15(13)22)26-6-8-27(9-7-26)19(30)25-12(28)10-29-11-4-2-1-3-5-11/h1-5H,6-10H2,(H,25,28,30). The van der Waals surface area contributed by atoms with Crippen molar-refractivity contribution in [2.24, 2.45) is 0 Å². The summed E-state index contributed by atoms with van der Waals surface area (Å²) in [5.74, 6) is -9.93. The maximum absolute atomic E-state index is 14.0. The van der Waals surface area contributed by atoms with Gasteiger partial charge in [-0.15, -0.1) is 0 Å².